The Morgan fingerprint density at radius 1 is 0.915 bits per heavy atom. The van der Waals surface area contributed by atoms with E-state index in [4.69, 9.17) is 0 Å². The lowest BCUT2D eigenvalue weighted by Crippen LogP contribution is -2.62. The Bertz CT molecular complexity index is 2100. The van der Waals surface area contributed by atoms with Crippen molar-refractivity contribution in [2.75, 3.05) is 42.8 Å². The third kappa shape index (κ3) is 9.78. The van der Waals surface area contributed by atoms with Gasteiger partial charge in [-0.15, -0.1) is 0 Å². The van der Waals surface area contributed by atoms with Crippen molar-refractivity contribution >= 4 is 58.7 Å². The highest BCUT2D eigenvalue weighted by atomic mass is 16.2. The van der Waals surface area contributed by atoms with Crippen molar-refractivity contribution in [2.45, 2.75) is 98.4 Å². The Kier molecular flexibility index (Phi) is 13.3. The van der Waals surface area contributed by atoms with Crippen LogP contribution >= 0.6 is 0 Å². The summed E-state index contributed by atoms with van der Waals surface area (Å²) < 4.78 is 0. The van der Waals surface area contributed by atoms with Gasteiger partial charge in [-0.3, -0.25) is 38.8 Å². The number of likely N-dealkylation sites (tertiary alicyclic amines) is 1. The Balaban J connectivity index is 1.28. The average molecular weight is 812 g/mol. The molecule has 2 aromatic heterocycles. The molecule has 3 atom stereocenters. The standard InChI is InChI=1S/C42H57N11O6/c1-23(2)32(37(56)50(9)10)47-39(58)42(7,8)49-36(55)30-13-12-18-52(30)38(57)33(24(3)4)46-35(54)27-16-14-25(5)31(19-27)53-22-28-20-44-40(48-34(28)51(11)41(53)59)45-29-17-15-26(6)43-21-29/h14-17,19-21,23-24,30,32-33H,12-13,18,22H2,1-11H3,(H,46,54)(H,47,58)(H,49,55)(H,44,45,48)/t30-,32?,33?/m0/s1. The molecule has 316 valence electrons. The summed E-state index contributed by atoms with van der Waals surface area (Å²) in [7, 11) is 4.85. The van der Waals surface area contributed by atoms with Crippen molar-refractivity contribution in [1.29, 1.82) is 0 Å². The summed E-state index contributed by atoms with van der Waals surface area (Å²) in [5, 5.41) is 11.6. The van der Waals surface area contributed by atoms with Gasteiger partial charge in [-0.05, 0) is 82.2 Å². The highest BCUT2D eigenvalue weighted by Gasteiger charge is 2.42. The number of nitrogens with zero attached hydrogens (tertiary/aromatic N) is 7. The third-order valence-electron chi connectivity index (χ3n) is 10.7. The van der Waals surface area contributed by atoms with Gasteiger partial charge in [-0.1, -0.05) is 33.8 Å². The number of carbonyl (C=O) groups is 6. The summed E-state index contributed by atoms with van der Waals surface area (Å²) in [6, 6.07) is 5.75. The van der Waals surface area contributed by atoms with Crippen molar-refractivity contribution in [3.8, 4) is 0 Å². The summed E-state index contributed by atoms with van der Waals surface area (Å²) in [6.07, 6.45) is 4.26. The molecule has 1 fully saturated rings. The topological polar surface area (TPSA) is 202 Å². The maximum atomic E-state index is 14.2. The molecule has 17 nitrogen and oxygen atoms in total. The molecule has 4 heterocycles. The van der Waals surface area contributed by atoms with Crippen molar-refractivity contribution < 1.29 is 28.8 Å². The van der Waals surface area contributed by atoms with Crippen LogP contribution in [-0.4, -0.2) is 112 Å². The molecule has 0 radical (unpaired) electrons. The summed E-state index contributed by atoms with van der Waals surface area (Å²) in [5.74, 6) is -2.03. The van der Waals surface area contributed by atoms with E-state index in [9.17, 15) is 28.8 Å². The molecule has 0 bridgehead atoms. The molecule has 17 heteroatoms. The Morgan fingerprint density at radius 2 is 1.61 bits per heavy atom. The first-order valence-corrected chi connectivity index (χ1v) is 19.9. The number of rotatable bonds is 13. The molecule has 5 rings (SSSR count). The van der Waals surface area contributed by atoms with Gasteiger partial charge in [0.2, 0.25) is 29.6 Å². The van der Waals surface area contributed by atoms with E-state index in [-0.39, 0.29) is 35.9 Å². The van der Waals surface area contributed by atoms with Gasteiger partial charge in [0.05, 0.1) is 18.4 Å². The number of amides is 7. The highest BCUT2D eigenvalue weighted by molar-refractivity contribution is 6.07. The maximum Gasteiger partial charge on any atom is 0.330 e. The van der Waals surface area contributed by atoms with Crippen LogP contribution in [0.15, 0.2) is 42.7 Å². The second kappa shape index (κ2) is 17.8. The zero-order valence-corrected chi connectivity index (χ0v) is 35.8. The van der Waals surface area contributed by atoms with Crippen molar-refractivity contribution in [2.24, 2.45) is 11.8 Å². The Labute approximate surface area is 345 Å². The van der Waals surface area contributed by atoms with Gasteiger partial charge in [-0.25, -0.2) is 9.78 Å². The summed E-state index contributed by atoms with van der Waals surface area (Å²) >= 11 is 0. The monoisotopic (exact) mass is 811 g/mol. The van der Waals surface area contributed by atoms with Gasteiger partial charge in [0.25, 0.3) is 5.91 Å². The maximum absolute atomic E-state index is 14.2. The van der Waals surface area contributed by atoms with Gasteiger partial charge >= 0.3 is 6.03 Å². The van der Waals surface area contributed by atoms with Crippen LogP contribution in [0.25, 0.3) is 0 Å². The number of pyridine rings is 1. The fourth-order valence-corrected chi connectivity index (χ4v) is 7.05. The summed E-state index contributed by atoms with van der Waals surface area (Å²) in [6.45, 7) is 14.5. The first-order valence-electron chi connectivity index (χ1n) is 19.9. The SMILES string of the molecule is Cc1ccc(Nc2ncc3c(n2)N(C)C(=O)N(c2cc(C(=O)NC(C(=O)N4CCC[C@H]4C(=O)NC(C)(C)C(=O)NC(C(=O)N(C)C)C(C)C)C(C)C)ccc2C)C3)cn1. The lowest BCUT2D eigenvalue weighted by molar-refractivity contribution is -0.143. The predicted octanol–water partition coefficient (Wildman–Crippen LogP) is 3.68. The average Bonchev–Trinajstić information content (AvgIpc) is 3.68. The Morgan fingerprint density at radius 3 is 2.24 bits per heavy atom. The number of carbonyl (C=O) groups excluding carboxylic acids is 6. The fourth-order valence-electron chi connectivity index (χ4n) is 7.05. The minimum absolute atomic E-state index is 0.160. The van der Waals surface area contributed by atoms with E-state index in [0.29, 0.717) is 48.1 Å². The normalized spacial score (nSPS) is 16.4. The minimum atomic E-state index is -1.40. The van der Waals surface area contributed by atoms with E-state index in [1.807, 2.05) is 53.7 Å². The number of likely N-dealkylation sites (N-methyl/N-ethyl adjacent to an activating group) is 1. The van der Waals surface area contributed by atoms with Gasteiger partial charge in [0, 0.05) is 56.4 Å². The van der Waals surface area contributed by atoms with E-state index in [1.54, 1.807) is 70.5 Å². The van der Waals surface area contributed by atoms with Crippen LogP contribution in [0, 0.1) is 25.7 Å². The number of anilines is 4. The minimum Gasteiger partial charge on any atom is -0.347 e. The van der Waals surface area contributed by atoms with Crippen LogP contribution in [-0.2, 0) is 25.7 Å². The fraction of sp³-hybridized carbons (Fsp3) is 0.500. The van der Waals surface area contributed by atoms with Gasteiger partial charge in [0.1, 0.15) is 29.5 Å². The van der Waals surface area contributed by atoms with E-state index in [1.165, 1.54) is 14.7 Å². The lowest BCUT2D eigenvalue weighted by atomic mass is 9.98. The number of aromatic nitrogens is 3. The van der Waals surface area contributed by atoms with Crippen LogP contribution in [0.1, 0.15) is 81.6 Å². The molecular formula is C42H57N11O6. The first kappa shape index (κ1) is 44.0. The van der Waals surface area contributed by atoms with E-state index in [0.717, 1.165) is 11.3 Å². The smallest absolute Gasteiger partial charge is 0.330 e. The zero-order chi connectivity index (χ0) is 43.5. The molecule has 2 unspecified atom stereocenters. The largest absolute Gasteiger partial charge is 0.347 e. The van der Waals surface area contributed by atoms with Crippen LogP contribution < -0.4 is 31.1 Å². The molecule has 0 saturated carbocycles. The molecule has 0 spiro atoms. The second-order valence-electron chi connectivity index (χ2n) is 16.7. The van der Waals surface area contributed by atoms with E-state index < -0.39 is 47.3 Å². The number of fused-ring (bicyclic) bond motifs is 1. The number of urea groups is 1. The zero-order valence-electron chi connectivity index (χ0n) is 35.8. The van der Waals surface area contributed by atoms with Crippen LogP contribution in [0.2, 0.25) is 0 Å². The molecule has 1 aromatic carbocycles. The van der Waals surface area contributed by atoms with Crippen molar-refractivity contribution in [3.05, 3.63) is 65.1 Å². The van der Waals surface area contributed by atoms with E-state index in [2.05, 4.69) is 36.2 Å². The molecular weight excluding hydrogens is 755 g/mol. The van der Waals surface area contributed by atoms with Gasteiger partial charge in [0.15, 0.2) is 0 Å². The highest BCUT2D eigenvalue weighted by Crippen LogP contribution is 2.33. The number of nitrogens with one attached hydrogen (secondary N) is 4. The van der Waals surface area contributed by atoms with Crippen LogP contribution in [0.5, 0.6) is 0 Å². The third-order valence-corrected chi connectivity index (χ3v) is 10.7. The molecule has 7 amide bonds. The molecule has 2 aliphatic rings. The molecule has 59 heavy (non-hydrogen) atoms. The van der Waals surface area contributed by atoms with E-state index >= 15 is 0 Å². The Hall–Kier alpha value is -6.13. The quantitative estimate of drug-likeness (QED) is 0.197. The lowest BCUT2D eigenvalue weighted by Gasteiger charge is -2.35. The van der Waals surface area contributed by atoms with Crippen molar-refractivity contribution in [1.82, 2.24) is 40.7 Å². The van der Waals surface area contributed by atoms with Gasteiger partial charge < -0.3 is 31.1 Å². The van der Waals surface area contributed by atoms with Crippen LogP contribution in [0.4, 0.5) is 27.9 Å². The molecule has 2 aliphatic heterocycles. The number of benzene rings is 1. The summed E-state index contributed by atoms with van der Waals surface area (Å²) in [5.41, 5.74) is 2.38. The predicted molar refractivity (Wildman–Crippen MR) is 224 cm³/mol. The van der Waals surface area contributed by atoms with Crippen molar-refractivity contribution in [3.63, 3.8) is 0 Å². The molecule has 0 aliphatic carbocycles. The summed E-state index contributed by atoms with van der Waals surface area (Å²) in [4.78, 5) is 101. The number of hydrogen-bond donors (Lipinski definition) is 4. The van der Waals surface area contributed by atoms with Gasteiger partial charge in [-0.2, -0.15) is 4.98 Å². The molecule has 4 N–H and O–H groups in total. The molecule has 3 aromatic rings. The first-order chi connectivity index (χ1) is 27.7. The number of aryl methyl sites for hydroxylation is 2. The van der Waals surface area contributed by atoms with Crippen LogP contribution in [0.3, 0.4) is 0 Å². The molecule has 1 saturated heterocycles. The number of hydrogen-bond acceptors (Lipinski definition) is 10. The second-order valence-corrected chi connectivity index (χ2v) is 16.7.